The van der Waals surface area contributed by atoms with Gasteiger partial charge in [-0.2, -0.15) is 13.2 Å². The fourth-order valence-corrected chi connectivity index (χ4v) is 2.06. The Bertz CT molecular complexity index is 541. The number of ether oxygens (including phenoxy) is 1. The minimum atomic E-state index is -4.88. The average molecular weight is 303 g/mol. The second-order valence-electron chi connectivity index (χ2n) is 4.61. The third-order valence-electron chi connectivity index (χ3n) is 3.08. The second kappa shape index (κ2) is 5.63. The third kappa shape index (κ3) is 3.65. The number of carboxylic acids is 1. The highest BCUT2D eigenvalue weighted by molar-refractivity contribution is 5.87. The van der Waals surface area contributed by atoms with Crippen molar-refractivity contribution >= 4 is 11.9 Å². The molecule has 1 aromatic rings. The molecule has 1 fully saturated rings. The van der Waals surface area contributed by atoms with Crippen LogP contribution in [0.4, 0.5) is 13.2 Å². The molecule has 1 aliphatic rings. The van der Waals surface area contributed by atoms with Gasteiger partial charge in [0.05, 0.1) is 12.1 Å². The Morgan fingerprint density at radius 3 is 2.38 bits per heavy atom. The minimum absolute atomic E-state index is 0.0176. The molecule has 0 aliphatic carbocycles. The van der Waals surface area contributed by atoms with Crippen LogP contribution in [0.15, 0.2) is 24.3 Å². The molecular weight excluding hydrogens is 291 g/mol. The van der Waals surface area contributed by atoms with Gasteiger partial charge in [-0.1, -0.05) is 0 Å². The summed E-state index contributed by atoms with van der Waals surface area (Å²) in [6.07, 6.45) is -5.12. The van der Waals surface area contributed by atoms with Crippen LogP contribution in [0.1, 0.15) is 16.8 Å². The van der Waals surface area contributed by atoms with Gasteiger partial charge in [0.1, 0.15) is 11.9 Å². The predicted octanol–water partition coefficient (Wildman–Crippen LogP) is 1.93. The summed E-state index contributed by atoms with van der Waals surface area (Å²) < 4.78 is 42.3. The molecule has 21 heavy (non-hydrogen) atoms. The third-order valence-corrected chi connectivity index (χ3v) is 3.08. The van der Waals surface area contributed by atoms with Crippen LogP contribution in [-0.4, -0.2) is 47.3 Å². The summed E-state index contributed by atoms with van der Waals surface area (Å²) in [7, 11) is 0. The molecule has 1 aromatic carbocycles. The van der Waals surface area contributed by atoms with Crippen LogP contribution in [0.5, 0.6) is 5.75 Å². The largest absolute Gasteiger partial charge is 0.489 e. The quantitative estimate of drug-likeness (QED) is 0.926. The smallest absolute Gasteiger partial charge is 0.471 e. The monoisotopic (exact) mass is 303 g/mol. The number of carbonyl (C=O) groups is 2. The van der Waals surface area contributed by atoms with Crippen molar-refractivity contribution in [1.82, 2.24) is 4.90 Å². The van der Waals surface area contributed by atoms with Crippen molar-refractivity contribution in [3.05, 3.63) is 29.8 Å². The normalized spacial score (nSPS) is 18.6. The van der Waals surface area contributed by atoms with Crippen molar-refractivity contribution < 1.29 is 32.6 Å². The molecule has 8 heteroatoms. The van der Waals surface area contributed by atoms with E-state index in [1.54, 1.807) is 0 Å². The van der Waals surface area contributed by atoms with Gasteiger partial charge in [-0.05, 0) is 24.3 Å². The molecule has 0 aromatic heterocycles. The first-order chi connectivity index (χ1) is 9.77. The lowest BCUT2D eigenvalue weighted by atomic mass is 10.2. The highest BCUT2D eigenvalue weighted by Crippen LogP contribution is 2.24. The SMILES string of the molecule is O=C(O)c1ccc(OC2CCN(C(=O)C(F)(F)F)C2)cc1. The predicted molar refractivity (Wildman–Crippen MR) is 65.1 cm³/mol. The Kier molecular flexibility index (Phi) is 4.06. The fraction of sp³-hybridized carbons (Fsp3) is 0.385. The fourth-order valence-electron chi connectivity index (χ4n) is 2.06. The number of rotatable bonds is 3. The summed E-state index contributed by atoms with van der Waals surface area (Å²) in [5.41, 5.74) is 0.0858. The Morgan fingerprint density at radius 2 is 1.86 bits per heavy atom. The van der Waals surface area contributed by atoms with E-state index in [0.29, 0.717) is 17.1 Å². The van der Waals surface area contributed by atoms with Crippen LogP contribution in [-0.2, 0) is 4.79 Å². The molecular formula is C13H12F3NO4. The van der Waals surface area contributed by atoms with Gasteiger partial charge in [0, 0.05) is 13.0 Å². The van der Waals surface area contributed by atoms with Crippen LogP contribution in [0, 0.1) is 0 Å². The first-order valence-electron chi connectivity index (χ1n) is 6.13. The van der Waals surface area contributed by atoms with Gasteiger partial charge in [-0.15, -0.1) is 0 Å². The van der Waals surface area contributed by atoms with E-state index >= 15 is 0 Å². The van der Waals surface area contributed by atoms with Crippen LogP contribution in [0.25, 0.3) is 0 Å². The molecule has 0 bridgehead atoms. The highest BCUT2D eigenvalue weighted by Gasteiger charge is 2.44. The summed E-state index contributed by atoms with van der Waals surface area (Å²) in [6, 6.07) is 5.53. The van der Waals surface area contributed by atoms with E-state index in [9.17, 15) is 22.8 Å². The molecule has 0 saturated carbocycles. The molecule has 1 unspecified atom stereocenters. The maximum Gasteiger partial charge on any atom is 0.471 e. The zero-order chi connectivity index (χ0) is 15.6. The second-order valence-corrected chi connectivity index (χ2v) is 4.61. The van der Waals surface area contributed by atoms with Gasteiger partial charge in [0.15, 0.2) is 0 Å². The first kappa shape index (κ1) is 15.1. The Labute approximate surface area is 117 Å². The van der Waals surface area contributed by atoms with Gasteiger partial charge >= 0.3 is 18.1 Å². The van der Waals surface area contributed by atoms with E-state index in [4.69, 9.17) is 9.84 Å². The van der Waals surface area contributed by atoms with Crippen molar-refractivity contribution in [3.63, 3.8) is 0 Å². The van der Waals surface area contributed by atoms with Crippen LogP contribution in [0.2, 0.25) is 0 Å². The van der Waals surface area contributed by atoms with Crippen molar-refractivity contribution in [2.45, 2.75) is 18.7 Å². The Hall–Kier alpha value is -2.25. The van der Waals surface area contributed by atoms with Gasteiger partial charge in [-0.25, -0.2) is 4.79 Å². The number of carboxylic acid groups (broad SMARTS) is 1. The maximum absolute atomic E-state index is 12.3. The number of benzene rings is 1. The lowest BCUT2D eigenvalue weighted by molar-refractivity contribution is -0.184. The van der Waals surface area contributed by atoms with Crippen molar-refractivity contribution in [2.24, 2.45) is 0 Å². The summed E-state index contributed by atoms with van der Waals surface area (Å²) in [5.74, 6) is -2.59. The highest BCUT2D eigenvalue weighted by atomic mass is 19.4. The summed E-state index contributed by atoms with van der Waals surface area (Å²) in [6.45, 7) is -0.157. The van der Waals surface area contributed by atoms with E-state index in [-0.39, 0.29) is 18.7 Å². The Balaban J connectivity index is 1.93. The van der Waals surface area contributed by atoms with Crippen LogP contribution in [0.3, 0.4) is 0 Å². The minimum Gasteiger partial charge on any atom is -0.489 e. The lowest BCUT2D eigenvalue weighted by Gasteiger charge is -2.18. The van der Waals surface area contributed by atoms with Gasteiger partial charge in [0.2, 0.25) is 0 Å². The van der Waals surface area contributed by atoms with Gasteiger partial charge in [-0.3, -0.25) is 4.79 Å². The average Bonchev–Trinajstić information content (AvgIpc) is 2.85. The summed E-state index contributed by atoms with van der Waals surface area (Å²) >= 11 is 0. The zero-order valence-corrected chi connectivity index (χ0v) is 10.8. The molecule has 1 atom stereocenters. The van der Waals surface area contributed by atoms with Gasteiger partial charge in [0.25, 0.3) is 0 Å². The van der Waals surface area contributed by atoms with Crippen LogP contribution >= 0.6 is 0 Å². The molecule has 0 radical (unpaired) electrons. The van der Waals surface area contributed by atoms with Crippen molar-refractivity contribution in [2.75, 3.05) is 13.1 Å². The van der Waals surface area contributed by atoms with Gasteiger partial charge < -0.3 is 14.7 Å². The zero-order valence-electron chi connectivity index (χ0n) is 10.8. The maximum atomic E-state index is 12.3. The number of hydrogen-bond donors (Lipinski definition) is 1. The summed E-state index contributed by atoms with van der Waals surface area (Å²) in [4.78, 5) is 22.4. The number of likely N-dealkylation sites (tertiary alicyclic amines) is 1. The van der Waals surface area contributed by atoms with E-state index < -0.39 is 24.2 Å². The first-order valence-corrected chi connectivity index (χ1v) is 6.13. The number of aromatic carboxylic acids is 1. The number of alkyl halides is 3. The van der Waals surface area contributed by atoms with Crippen LogP contribution < -0.4 is 4.74 Å². The van der Waals surface area contributed by atoms with E-state index in [1.807, 2.05) is 0 Å². The van der Waals surface area contributed by atoms with Crippen molar-refractivity contribution in [3.8, 4) is 5.75 Å². The van der Waals surface area contributed by atoms with E-state index in [2.05, 4.69) is 0 Å². The molecule has 1 saturated heterocycles. The standard InChI is InChI=1S/C13H12F3NO4/c14-13(15,16)12(20)17-6-5-10(7-17)21-9-3-1-8(2-4-9)11(18)19/h1-4,10H,5-7H2,(H,18,19). The molecule has 0 spiro atoms. The summed E-state index contributed by atoms with van der Waals surface area (Å²) in [5, 5.41) is 8.74. The molecule has 2 rings (SSSR count). The number of halogens is 3. The molecule has 114 valence electrons. The molecule has 5 nitrogen and oxygen atoms in total. The number of carbonyl (C=O) groups excluding carboxylic acids is 1. The molecule has 1 aliphatic heterocycles. The molecule has 1 amide bonds. The molecule has 1 N–H and O–H groups in total. The number of nitrogens with zero attached hydrogens (tertiary/aromatic N) is 1. The van der Waals surface area contributed by atoms with Crippen molar-refractivity contribution in [1.29, 1.82) is 0 Å². The van der Waals surface area contributed by atoms with E-state index in [1.165, 1.54) is 24.3 Å². The number of hydrogen-bond acceptors (Lipinski definition) is 3. The lowest BCUT2D eigenvalue weighted by Crippen LogP contribution is -2.40. The molecule has 1 heterocycles. The topological polar surface area (TPSA) is 66.8 Å². The Morgan fingerprint density at radius 1 is 1.24 bits per heavy atom. The number of amides is 1. The van der Waals surface area contributed by atoms with E-state index in [0.717, 1.165) is 0 Å².